The summed E-state index contributed by atoms with van der Waals surface area (Å²) in [5.74, 6) is 6.85. The van der Waals surface area contributed by atoms with E-state index in [4.69, 9.17) is 5.84 Å². The van der Waals surface area contributed by atoms with Gasteiger partial charge in [0.05, 0.1) is 0 Å². The predicted octanol–water partition coefficient (Wildman–Crippen LogP) is -0.605. The molecule has 3 heteroatoms. The van der Waals surface area contributed by atoms with E-state index in [9.17, 15) is 0 Å². The molecule has 0 aromatic rings. The molecule has 35 valence electrons. The van der Waals surface area contributed by atoms with E-state index in [-0.39, 0.29) is 0 Å². The molecule has 1 aliphatic rings. The molecule has 0 spiro atoms. The summed E-state index contributed by atoms with van der Waals surface area (Å²) in [6, 6.07) is 0. The van der Waals surface area contributed by atoms with Crippen LogP contribution in [0.1, 0.15) is 6.42 Å². The second-order valence-electron chi connectivity index (χ2n) is 1.41. The maximum absolute atomic E-state index is 6.85. The fraction of sp³-hybridized carbons (Fsp3) is 1.00. The summed E-state index contributed by atoms with van der Waals surface area (Å²) in [5.41, 5.74) is 2.82. The molecule has 0 atom stereocenters. The van der Waals surface area contributed by atoms with Gasteiger partial charge >= 0.3 is 0 Å². The standard InChI is InChI=1S/C3H8N3/c4-6-3-1-2-5-6/h4-5H,1-3H2. The van der Waals surface area contributed by atoms with Crippen LogP contribution in [0.15, 0.2) is 0 Å². The van der Waals surface area contributed by atoms with Crippen LogP contribution in [0.3, 0.4) is 0 Å². The van der Waals surface area contributed by atoms with Gasteiger partial charge in [-0.1, -0.05) is 0 Å². The molecule has 1 rings (SSSR count). The van der Waals surface area contributed by atoms with Gasteiger partial charge in [-0.05, 0) is 6.42 Å². The Morgan fingerprint density at radius 2 is 2.50 bits per heavy atom. The van der Waals surface area contributed by atoms with Crippen molar-refractivity contribution >= 4 is 0 Å². The Labute approximate surface area is 37.1 Å². The first-order chi connectivity index (χ1) is 2.89. The molecule has 0 aromatic carbocycles. The normalized spacial score (nSPS) is 25.5. The Bertz CT molecular complexity index is 39.3. The van der Waals surface area contributed by atoms with Crippen molar-refractivity contribution in [2.24, 2.45) is 0 Å². The first-order valence-corrected chi connectivity index (χ1v) is 2.12. The lowest BCUT2D eigenvalue weighted by Crippen LogP contribution is -2.28. The summed E-state index contributed by atoms with van der Waals surface area (Å²) in [7, 11) is 0. The van der Waals surface area contributed by atoms with Gasteiger partial charge in [-0.25, -0.2) is 5.43 Å². The van der Waals surface area contributed by atoms with Crippen molar-refractivity contribution in [3.05, 3.63) is 0 Å². The number of hydrogen-bond donors (Lipinski definition) is 1. The molecular formula is C3H8N3. The lowest BCUT2D eigenvalue weighted by atomic mass is 10.5. The molecule has 1 radical (unpaired) electrons. The average molecular weight is 86.1 g/mol. The zero-order chi connectivity index (χ0) is 4.41. The van der Waals surface area contributed by atoms with Gasteiger partial charge in [0.15, 0.2) is 0 Å². The van der Waals surface area contributed by atoms with Crippen molar-refractivity contribution in [1.82, 2.24) is 16.4 Å². The van der Waals surface area contributed by atoms with Crippen LogP contribution in [-0.2, 0) is 0 Å². The predicted molar refractivity (Wildman–Crippen MR) is 22.4 cm³/mol. The summed E-state index contributed by atoms with van der Waals surface area (Å²) in [6.45, 7) is 1.85. The summed E-state index contributed by atoms with van der Waals surface area (Å²) in [6.07, 6.45) is 1.11. The van der Waals surface area contributed by atoms with Crippen LogP contribution < -0.4 is 11.3 Å². The largest absolute Gasteiger partial charge is 0.240 e. The van der Waals surface area contributed by atoms with Crippen LogP contribution in [0.5, 0.6) is 0 Å². The number of nitrogens with zero attached hydrogens (tertiary/aromatic N) is 1. The topological polar surface area (TPSA) is 39.1 Å². The molecule has 0 unspecified atom stereocenters. The number of nitrogens with one attached hydrogen (secondary N) is 2. The molecular weight excluding hydrogens is 78.1 g/mol. The van der Waals surface area contributed by atoms with Crippen molar-refractivity contribution in [1.29, 1.82) is 0 Å². The number of hydrogen-bond acceptors (Lipinski definition) is 2. The third kappa shape index (κ3) is 0.680. The molecule has 1 fully saturated rings. The SMILES string of the molecule is [NH]N1CCCN1. The highest BCUT2D eigenvalue weighted by molar-refractivity contribution is 4.52. The second-order valence-corrected chi connectivity index (χ2v) is 1.41. The van der Waals surface area contributed by atoms with E-state index in [1.807, 2.05) is 0 Å². The highest BCUT2D eigenvalue weighted by Crippen LogP contribution is 1.87. The van der Waals surface area contributed by atoms with E-state index in [0.29, 0.717) is 0 Å². The smallest absolute Gasteiger partial charge is 0.0314 e. The van der Waals surface area contributed by atoms with E-state index in [0.717, 1.165) is 19.5 Å². The first-order valence-electron chi connectivity index (χ1n) is 2.12. The van der Waals surface area contributed by atoms with Crippen LogP contribution in [-0.4, -0.2) is 18.2 Å². The van der Waals surface area contributed by atoms with Gasteiger partial charge in [-0.15, -0.1) is 0 Å². The molecule has 1 aliphatic heterocycles. The van der Waals surface area contributed by atoms with Gasteiger partial charge in [0.25, 0.3) is 0 Å². The Morgan fingerprint density at radius 1 is 1.67 bits per heavy atom. The van der Waals surface area contributed by atoms with Crippen LogP contribution >= 0.6 is 0 Å². The van der Waals surface area contributed by atoms with E-state index in [1.165, 1.54) is 5.12 Å². The molecule has 1 saturated heterocycles. The Hall–Kier alpha value is -0.120. The molecule has 6 heavy (non-hydrogen) atoms. The summed E-state index contributed by atoms with van der Waals surface area (Å²) in [5, 5.41) is 1.36. The van der Waals surface area contributed by atoms with Gasteiger partial charge in [-0.3, -0.25) is 0 Å². The lowest BCUT2D eigenvalue weighted by Gasteiger charge is -2.00. The van der Waals surface area contributed by atoms with Crippen LogP contribution in [0.4, 0.5) is 0 Å². The zero-order valence-electron chi connectivity index (χ0n) is 3.57. The minimum atomic E-state index is 0.875. The number of hydrazine groups is 1. The van der Waals surface area contributed by atoms with Crippen molar-refractivity contribution in [3.8, 4) is 0 Å². The third-order valence-corrected chi connectivity index (χ3v) is 0.861. The molecule has 0 saturated carbocycles. The van der Waals surface area contributed by atoms with Crippen molar-refractivity contribution in [3.63, 3.8) is 0 Å². The van der Waals surface area contributed by atoms with Crippen molar-refractivity contribution < 1.29 is 0 Å². The maximum atomic E-state index is 6.85. The molecule has 1 heterocycles. The average Bonchev–Trinajstić information content (AvgIpc) is 1.86. The molecule has 3 nitrogen and oxygen atoms in total. The van der Waals surface area contributed by atoms with Gasteiger partial charge < -0.3 is 0 Å². The highest BCUT2D eigenvalue weighted by Gasteiger charge is 2.03. The van der Waals surface area contributed by atoms with E-state index in [1.54, 1.807) is 0 Å². The third-order valence-electron chi connectivity index (χ3n) is 0.861. The molecule has 0 bridgehead atoms. The monoisotopic (exact) mass is 86.1 g/mol. The zero-order valence-corrected chi connectivity index (χ0v) is 3.57. The van der Waals surface area contributed by atoms with Crippen molar-refractivity contribution in [2.45, 2.75) is 6.42 Å². The second kappa shape index (κ2) is 1.55. The summed E-state index contributed by atoms with van der Waals surface area (Å²) >= 11 is 0. The quantitative estimate of drug-likeness (QED) is 0.427. The van der Waals surface area contributed by atoms with Gasteiger partial charge in [-0.2, -0.15) is 11.0 Å². The number of rotatable bonds is 0. The van der Waals surface area contributed by atoms with Crippen LogP contribution in [0.2, 0.25) is 0 Å². The fourth-order valence-electron chi connectivity index (χ4n) is 0.530. The van der Waals surface area contributed by atoms with Crippen LogP contribution in [0, 0.1) is 0 Å². The minimum Gasteiger partial charge on any atom is -0.240 e. The summed E-state index contributed by atoms with van der Waals surface area (Å²) < 4.78 is 0. The summed E-state index contributed by atoms with van der Waals surface area (Å²) in [4.78, 5) is 0. The molecule has 0 aliphatic carbocycles. The van der Waals surface area contributed by atoms with Gasteiger partial charge in [0.1, 0.15) is 0 Å². The first kappa shape index (κ1) is 4.05. The molecule has 0 amide bonds. The van der Waals surface area contributed by atoms with E-state index >= 15 is 0 Å². The lowest BCUT2D eigenvalue weighted by molar-refractivity contribution is 0.245. The molecule has 2 N–H and O–H groups in total. The van der Waals surface area contributed by atoms with Gasteiger partial charge in [0, 0.05) is 13.1 Å². The van der Waals surface area contributed by atoms with Gasteiger partial charge in [0.2, 0.25) is 0 Å². The fourth-order valence-corrected chi connectivity index (χ4v) is 0.530. The van der Waals surface area contributed by atoms with Crippen molar-refractivity contribution in [2.75, 3.05) is 13.1 Å². The van der Waals surface area contributed by atoms with Crippen LogP contribution in [0.25, 0.3) is 0 Å². The maximum Gasteiger partial charge on any atom is 0.0314 e. The minimum absolute atomic E-state index is 0.875. The molecule has 0 aromatic heterocycles. The Kier molecular flexibility index (Phi) is 1.05. The Balaban J connectivity index is 2.18. The van der Waals surface area contributed by atoms with E-state index in [2.05, 4.69) is 5.43 Å². The Morgan fingerprint density at radius 3 is 2.67 bits per heavy atom. The van der Waals surface area contributed by atoms with E-state index < -0.39 is 0 Å². The highest BCUT2D eigenvalue weighted by atomic mass is 15.7.